The molecule has 35 heavy (non-hydrogen) atoms. The fourth-order valence-electron chi connectivity index (χ4n) is 4.05. The van der Waals surface area contributed by atoms with Gasteiger partial charge in [-0.25, -0.2) is 0 Å². The largest absolute Gasteiger partial charge is 0.468 e. The summed E-state index contributed by atoms with van der Waals surface area (Å²) in [4.78, 5) is 13.2. The highest BCUT2D eigenvalue weighted by Gasteiger charge is 2.52. The molecule has 0 aliphatic carbocycles. The summed E-state index contributed by atoms with van der Waals surface area (Å²) < 4.78 is 12.2. The Morgan fingerprint density at radius 1 is 0.829 bits per heavy atom. The van der Waals surface area contributed by atoms with Crippen LogP contribution in [-0.4, -0.2) is 44.2 Å². The average molecular weight is 492 g/mol. The van der Waals surface area contributed by atoms with Crippen molar-refractivity contribution in [1.82, 2.24) is 5.06 Å². The van der Waals surface area contributed by atoms with Crippen LogP contribution in [0.2, 0.25) is 18.1 Å². The molecule has 1 N–H and O–H groups in total. The number of hydroxylamine groups is 2. The zero-order chi connectivity index (χ0) is 25.7. The van der Waals surface area contributed by atoms with E-state index in [1.165, 1.54) is 7.11 Å². The van der Waals surface area contributed by atoms with Crippen LogP contribution in [0.5, 0.6) is 0 Å². The van der Waals surface area contributed by atoms with Crippen LogP contribution in [0.4, 0.5) is 0 Å². The fraction of sp³-hybridized carbons (Fsp3) is 0.345. The zero-order valence-corrected chi connectivity index (χ0v) is 22.6. The van der Waals surface area contributed by atoms with Crippen LogP contribution in [0.25, 0.3) is 0 Å². The van der Waals surface area contributed by atoms with Gasteiger partial charge in [-0.2, -0.15) is 5.06 Å². The third-order valence-electron chi connectivity index (χ3n) is 6.97. The van der Waals surface area contributed by atoms with Crippen LogP contribution in [-0.2, 0) is 19.6 Å². The molecule has 186 valence electrons. The molecule has 0 fully saturated rings. The molecule has 0 unspecified atom stereocenters. The molecule has 0 aliphatic heterocycles. The monoisotopic (exact) mass is 491 g/mol. The van der Waals surface area contributed by atoms with Crippen molar-refractivity contribution < 1.29 is 19.2 Å². The summed E-state index contributed by atoms with van der Waals surface area (Å²) in [5.41, 5.74) is 1.70. The number of hydrogen-bond donors (Lipinski definition) is 1. The maximum absolute atomic E-state index is 13.2. The van der Waals surface area contributed by atoms with Gasteiger partial charge in [0.25, 0.3) is 0 Å². The molecule has 0 heterocycles. The smallest absolute Gasteiger partial charge is 0.327 e. The number of aliphatic hydroxyl groups excluding tert-OH is 1. The van der Waals surface area contributed by atoms with E-state index in [9.17, 15) is 9.90 Å². The minimum atomic E-state index is -2.51. The number of nitrogens with zero attached hydrogens (tertiary/aromatic N) is 1. The number of methoxy groups -OCH3 is 1. The van der Waals surface area contributed by atoms with Crippen molar-refractivity contribution in [2.75, 3.05) is 13.7 Å². The first-order valence-corrected chi connectivity index (χ1v) is 14.8. The van der Waals surface area contributed by atoms with E-state index in [4.69, 9.17) is 9.26 Å². The lowest BCUT2D eigenvalue weighted by Gasteiger charge is -2.51. The number of rotatable bonds is 9. The summed E-state index contributed by atoms with van der Waals surface area (Å²) in [7, 11) is -1.17. The first-order chi connectivity index (χ1) is 16.6. The summed E-state index contributed by atoms with van der Waals surface area (Å²) in [6.07, 6.45) is 0. The van der Waals surface area contributed by atoms with Crippen LogP contribution >= 0.6 is 0 Å². The van der Waals surface area contributed by atoms with Crippen molar-refractivity contribution in [1.29, 1.82) is 0 Å². The Kier molecular flexibility index (Phi) is 8.33. The number of carbonyl (C=O) groups is 1. The van der Waals surface area contributed by atoms with Gasteiger partial charge in [0.1, 0.15) is 5.54 Å². The quantitative estimate of drug-likeness (QED) is 0.179. The predicted molar refractivity (Wildman–Crippen MR) is 142 cm³/mol. The van der Waals surface area contributed by atoms with Crippen molar-refractivity contribution in [3.05, 3.63) is 108 Å². The maximum atomic E-state index is 13.2. The summed E-state index contributed by atoms with van der Waals surface area (Å²) in [6.45, 7) is 10.3. The summed E-state index contributed by atoms with van der Waals surface area (Å²) >= 11 is 0. The normalized spacial score (nSPS) is 13.5. The number of esters is 1. The van der Waals surface area contributed by atoms with Gasteiger partial charge in [0.05, 0.1) is 13.7 Å². The minimum Gasteiger partial charge on any atom is -0.468 e. The zero-order valence-electron chi connectivity index (χ0n) is 21.6. The molecular formula is C29H37NO4Si. The Morgan fingerprint density at radius 2 is 1.20 bits per heavy atom. The molecule has 5 nitrogen and oxygen atoms in total. The Labute approximate surface area is 210 Å². The molecule has 0 aromatic heterocycles. The number of aliphatic hydroxyl groups is 1. The lowest BCUT2D eigenvalue weighted by Crippen LogP contribution is -2.61. The minimum absolute atomic E-state index is 0.156. The molecule has 0 saturated heterocycles. The maximum Gasteiger partial charge on any atom is 0.327 e. The van der Waals surface area contributed by atoms with E-state index in [1.54, 1.807) is 5.06 Å². The molecule has 0 saturated carbocycles. The molecule has 3 aromatic carbocycles. The van der Waals surface area contributed by atoms with Gasteiger partial charge in [0, 0.05) is 0 Å². The van der Waals surface area contributed by atoms with Crippen LogP contribution in [0.3, 0.4) is 0 Å². The SMILES string of the molecule is COC(=O)[C@H](CO)N(O[Si](C)(C)C(C)(C)C)C(c1ccccc1)(c1ccccc1)c1ccccc1. The van der Waals surface area contributed by atoms with E-state index in [2.05, 4.69) is 33.9 Å². The van der Waals surface area contributed by atoms with Crippen molar-refractivity contribution in [3.63, 3.8) is 0 Å². The van der Waals surface area contributed by atoms with Gasteiger partial charge in [0.2, 0.25) is 8.32 Å². The topological polar surface area (TPSA) is 59.0 Å². The van der Waals surface area contributed by atoms with Crippen molar-refractivity contribution in [3.8, 4) is 0 Å². The molecule has 0 bridgehead atoms. The molecule has 6 heteroatoms. The lowest BCUT2D eigenvalue weighted by atomic mass is 9.76. The van der Waals surface area contributed by atoms with Gasteiger partial charge < -0.3 is 14.4 Å². The summed E-state index contributed by atoms with van der Waals surface area (Å²) in [5.74, 6) is -0.557. The van der Waals surface area contributed by atoms with E-state index >= 15 is 0 Å². The van der Waals surface area contributed by atoms with E-state index in [0.717, 1.165) is 16.7 Å². The Balaban J connectivity index is 2.47. The molecule has 0 radical (unpaired) electrons. The van der Waals surface area contributed by atoms with E-state index in [1.807, 2.05) is 91.0 Å². The Morgan fingerprint density at radius 3 is 1.49 bits per heavy atom. The second-order valence-electron chi connectivity index (χ2n) is 10.2. The third kappa shape index (κ3) is 5.26. The van der Waals surface area contributed by atoms with Gasteiger partial charge in [-0.05, 0) is 34.8 Å². The molecule has 0 amide bonds. The molecule has 0 spiro atoms. The van der Waals surface area contributed by atoms with Crippen LogP contribution in [0, 0.1) is 0 Å². The number of ether oxygens (including phenoxy) is 1. The number of carbonyl (C=O) groups excluding carboxylic acids is 1. The first kappa shape index (κ1) is 26.8. The van der Waals surface area contributed by atoms with Gasteiger partial charge >= 0.3 is 5.97 Å². The standard InChI is InChI=1S/C29H37NO4Si/c1-28(2,3)35(5,6)34-30(26(22-31)27(32)33-4)29(23-16-10-7-11-17-23,24-18-12-8-13-19-24)25-20-14-9-15-21-25/h7-21,26,31H,22H2,1-6H3/t26-/m0/s1. The Hall–Kier alpha value is -2.77. The first-order valence-electron chi connectivity index (χ1n) is 11.9. The van der Waals surface area contributed by atoms with Gasteiger partial charge in [-0.3, -0.25) is 4.79 Å². The molecular weight excluding hydrogens is 454 g/mol. The summed E-state index contributed by atoms with van der Waals surface area (Å²) in [5, 5.41) is 12.2. The highest BCUT2D eigenvalue weighted by Crippen LogP contribution is 2.47. The van der Waals surface area contributed by atoms with E-state index in [0.29, 0.717) is 0 Å². The van der Waals surface area contributed by atoms with Gasteiger partial charge in [-0.15, -0.1) is 0 Å². The average Bonchev–Trinajstić information content (AvgIpc) is 2.86. The predicted octanol–water partition coefficient (Wildman–Crippen LogP) is 5.75. The van der Waals surface area contributed by atoms with Crippen molar-refractivity contribution in [2.45, 2.75) is 50.5 Å². The highest BCUT2D eigenvalue weighted by atomic mass is 28.4. The second-order valence-corrected chi connectivity index (χ2v) is 14.9. The van der Waals surface area contributed by atoms with Crippen LogP contribution in [0.15, 0.2) is 91.0 Å². The highest BCUT2D eigenvalue weighted by molar-refractivity contribution is 6.74. The third-order valence-corrected chi connectivity index (χ3v) is 11.2. The van der Waals surface area contributed by atoms with Crippen molar-refractivity contribution >= 4 is 14.3 Å². The Bertz CT molecular complexity index is 985. The van der Waals surface area contributed by atoms with Crippen molar-refractivity contribution in [2.24, 2.45) is 0 Å². The molecule has 3 aromatic rings. The molecule has 3 rings (SSSR count). The van der Waals surface area contributed by atoms with Crippen LogP contribution in [0.1, 0.15) is 37.5 Å². The van der Waals surface area contributed by atoms with E-state index < -0.39 is 32.5 Å². The fourth-order valence-corrected chi connectivity index (χ4v) is 5.08. The molecule has 0 aliphatic rings. The molecule has 1 atom stereocenters. The lowest BCUT2D eigenvalue weighted by molar-refractivity contribution is -0.194. The second kappa shape index (κ2) is 10.9. The van der Waals surface area contributed by atoms with Gasteiger partial charge in [0.15, 0.2) is 6.04 Å². The van der Waals surface area contributed by atoms with E-state index in [-0.39, 0.29) is 5.04 Å². The van der Waals surface area contributed by atoms with Gasteiger partial charge in [-0.1, -0.05) is 112 Å². The van der Waals surface area contributed by atoms with Crippen LogP contribution < -0.4 is 0 Å². The number of hydrogen-bond acceptors (Lipinski definition) is 5. The number of benzene rings is 3. The summed E-state index contributed by atoms with van der Waals surface area (Å²) in [6, 6.07) is 28.9.